The normalized spacial score (nSPS) is 21.8. The summed E-state index contributed by atoms with van der Waals surface area (Å²) in [6.45, 7) is 8.61. The molecule has 1 aliphatic heterocycles. The molecule has 1 rings (SSSR count). The molecule has 1 saturated heterocycles. The monoisotopic (exact) mass is 239 g/mol. The second-order valence-corrected chi connectivity index (χ2v) is 5.84. The summed E-state index contributed by atoms with van der Waals surface area (Å²) in [5.74, 6) is 0.866. The zero-order valence-electron chi connectivity index (χ0n) is 11.2. The molecule has 0 spiro atoms. The molecule has 17 heavy (non-hydrogen) atoms. The lowest BCUT2D eigenvalue weighted by atomic mass is 9.77. The first kappa shape index (κ1) is 13.8. The Morgan fingerprint density at radius 3 is 2.41 bits per heavy atom. The third-order valence-corrected chi connectivity index (χ3v) is 3.49. The molecule has 1 atom stereocenters. The Bertz CT molecular complexity index is 299. The highest BCUT2D eigenvalue weighted by atomic mass is 15.3. The van der Waals surface area contributed by atoms with E-state index >= 15 is 0 Å². The number of aliphatic imine (C=N–C) groups is 1. The average molecular weight is 239 g/mol. The van der Waals surface area contributed by atoms with Crippen molar-refractivity contribution >= 4 is 11.9 Å². The van der Waals surface area contributed by atoms with Gasteiger partial charge in [0, 0.05) is 13.1 Å². The van der Waals surface area contributed by atoms with Gasteiger partial charge in [-0.3, -0.25) is 5.41 Å². The summed E-state index contributed by atoms with van der Waals surface area (Å²) >= 11 is 0. The fourth-order valence-electron chi connectivity index (χ4n) is 2.37. The number of guanidine groups is 2. The highest BCUT2D eigenvalue weighted by Crippen LogP contribution is 2.34. The quantitative estimate of drug-likeness (QED) is 0.440. The first-order valence-electron chi connectivity index (χ1n) is 6.24. The average Bonchev–Trinajstić information content (AvgIpc) is 2.40. The van der Waals surface area contributed by atoms with Crippen LogP contribution in [0.15, 0.2) is 4.99 Å². The van der Waals surface area contributed by atoms with Gasteiger partial charge >= 0.3 is 0 Å². The predicted octanol–water partition coefficient (Wildman–Crippen LogP) is 1.34. The standard InChI is InChI=1S/C12H25N5/c1-12(2,3)9-5-4-7-17(8-6-9)11(15)16-10(13)14/h9H,4-8H2,1-3H3,(H5,13,14,15,16). The van der Waals surface area contributed by atoms with E-state index < -0.39 is 0 Å². The number of likely N-dealkylation sites (tertiary alicyclic amines) is 1. The third-order valence-electron chi connectivity index (χ3n) is 3.49. The molecule has 0 saturated carbocycles. The van der Waals surface area contributed by atoms with Crippen LogP contribution in [0.25, 0.3) is 0 Å². The van der Waals surface area contributed by atoms with Crippen LogP contribution in [0.1, 0.15) is 40.0 Å². The van der Waals surface area contributed by atoms with E-state index in [-0.39, 0.29) is 11.9 Å². The van der Waals surface area contributed by atoms with Crippen LogP contribution in [0.3, 0.4) is 0 Å². The summed E-state index contributed by atoms with van der Waals surface area (Å²) < 4.78 is 0. The number of hydrogen-bond donors (Lipinski definition) is 3. The number of rotatable bonds is 0. The van der Waals surface area contributed by atoms with E-state index in [4.69, 9.17) is 16.9 Å². The molecule has 0 aliphatic carbocycles. The van der Waals surface area contributed by atoms with Gasteiger partial charge in [-0.2, -0.15) is 4.99 Å². The first-order valence-corrected chi connectivity index (χ1v) is 6.24. The van der Waals surface area contributed by atoms with Crippen LogP contribution in [-0.2, 0) is 0 Å². The molecule has 0 aromatic rings. The van der Waals surface area contributed by atoms with Crippen molar-refractivity contribution in [3.8, 4) is 0 Å². The van der Waals surface area contributed by atoms with E-state index in [2.05, 4.69) is 25.8 Å². The van der Waals surface area contributed by atoms with Crippen molar-refractivity contribution in [1.29, 1.82) is 5.41 Å². The minimum absolute atomic E-state index is 0.0355. The van der Waals surface area contributed by atoms with Gasteiger partial charge in [-0.25, -0.2) is 0 Å². The lowest BCUT2D eigenvalue weighted by Crippen LogP contribution is -2.34. The summed E-state index contributed by atoms with van der Waals surface area (Å²) in [4.78, 5) is 5.78. The third kappa shape index (κ3) is 4.24. The van der Waals surface area contributed by atoms with Gasteiger partial charge in [0.15, 0.2) is 5.96 Å². The second kappa shape index (κ2) is 5.38. The highest BCUT2D eigenvalue weighted by molar-refractivity contribution is 5.91. The Morgan fingerprint density at radius 1 is 1.24 bits per heavy atom. The van der Waals surface area contributed by atoms with Crippen LogP contribution in [0.5, 0.6) is 0 Å². The molecule has 1 fully saturated rings. The number of nitrogens with two attached hydrogens (primary N) is 2. The maximum absolute atomic E-state index is 7.81. The molecule has 1 aliphatic rings. The minimum Gasteiger partial charge on any atom is -0.370 e. The number of hydrogen-bond acceptors (Lipinski definition) is 1. The van der Waals surface area contributed by atoms with Crippen molar-refractivity contribution in [2.24, 2.45) is 27.8 Å². The van der Waals surface area contributed by atoms with Gasteiger partial charge in [0.25, 0.3) is 0 Å². The Labute approximate surface area is 104 Å². The molecule has 0 aromatic heterocycles. The molecule has 0 radical (unpaired) electrons. The van der Waals surface area contributed by atoms with E-state index in [9.17, 15) is 0 Å². The fraction of sp³-hybridized carbons (Fsp3) is 0.833. The smallest absolute Gasteiger partial charge is 0.221 e. The van der Waals surface area contributed by atoms with Crippen LogP contribution < -0.4 is 11.5 Å². The van der Waals surface area contributed by atoms with Gasteiger partial charge in [-0.1, -0.05) is 20.8 Å². The molecule has 5 heteroatoms. The molecule has 5 N–H and O–H groups in total. The van der Waals surface area contributed by atoms with E-state index in [1.165, 1.54) is 6.42 Å². The van der Waals surface area contributed by atoms with Gasteiger partial charge in [0.1, 0.15) is 0 Å². The Hall–Kier alpha value is -1.26. The van der Waals surface area contributed by atoms with E-state index in [1.54, 1.807) is 0 Å². The second-order valence-electron chi connectivity index (χ2n) is 5.84. The van der Waals surface area contributed by atoms with Gasteiger partial charge in [-0.15, -0.1) is 0 Å². The SMILES string of the molecule is CC(C)(C)C1CCCN(C(=N)N=C(N)N)CC1. The van der Waals surface area contributed by atoms with Gasteiger partial charge in [-0.05, 0) is 30.6 Å². The first-order chi connectivity index (χ1) is 7.80. The van der Waals surface area contributed by atoms with Crippen molar-refractivity contribution in [3.63, 3.8) is 0 Å². The van der Waals surface area contributed by atoms with Crippen molar-refractivity contribution in [2.45, 2.75) is 40.0 Å². The highest BCUT2D eigenvalue weighted by Gasteiger charge is 2.27. The molecule has 1 heterocycles. The van der Waals surface area contributed by atoms with E-state index in [0.29, 0.717) is 11.3 Å². The topological polar surface area (TPSA) is 91.5 Å². The summed E-state index contributed by atoms with van der Waals surface area (Å²) in [6.07, 6.45) is 3.42. The summed E-state index contributed by atoms with van der Waals surface area (Å²) in [6, 6.07) is 0. The van der Waals surface area contributed by atoms with Crippen LogP contribution in [0, 0.1) is 16.7 Å². The number of nitrogens with one attached hydrogen (secondary N) is 1. The number of nitrogens with zero attached hydrogens (tertiary/aromatic N) is 2. The minimum atomic E-state index is -0.0355. The van der Waals surface area contributed by atoms with Gasteiger partial charge in [0.2, 0.25) is 5.96 Å². The van der Waals surface area contributed by atoms with E-state index in [1.807, 2.05) is 4.90 Å². The summed E-state index contributed by atoms with van der Waals surface area (Å²) in [7, 11) is 0. The molecule has 5 nitrogen and oxygen atoms in total. The maximum Gasteiger partial charge on any atom is 0.221 e. The molecule has 0 amide bonds. The largest absolute Gasteiger partial charge is 0.370 e. The molecular formula is C12H25N5. The zero-order valence-corrected chi connectivity index (χ0v) is 11.2. The van der Waals surface area contributed by atoms with Gasteiger partial charge in [0.05, 0.1) is 0 Å². The van der Waals surface area contributed by atoms with Crippen molar-refractivity contribution < 1.29 is 0 Å². The molecule has 0 aromatic carbocycles. The fourth-order valence-corrected chi connectivity index (χ4v) is 2.37. The molecule has 1 unspecified atom stereocenters. The Balaban J connectivity index is 2.59. The lowest BCUT2D eigenvalue weighted by Gasteiger charge is -2.29. The van der Waals surface area contributed by atoms with Gasteiger partial charge < -0.3 is 16.4 Å². The molecule has 0 bridgehead atoms. The maximum atomic E-state index is 7.81. The van der Waals surface area contributed by atoms with Crippen LogP contribution >= 0.6 is 0 Å². The predicted molar refractivity (Wildman–Crippen MR) is 71.9 cm³/mol. The Kier molecular flexibility index (Phi) is 4.37. The molecular weight excluding hydrogens is 214 g/mol. The zero-order chi connectivity index (χ0) is 13.1. The van der Waals surface area contributed by atoms with Crippen LogP contribution in [-0.4, -0.2) is 29.9 Å². The Morgan fingerprint density at radius 2 is 1.88 bits per heavy atom. The van der Waals surface area contributed by atoms with Crippen LogP contribution in [0.2, 0.25) is 0 Å². The molecule has 98 valence electrons. The summed E-state index contributed by atoms with van der Waals surface area (Å²) in [5, 5.41) is 7.81. The van der Waals surface area contributed by atoms with Crippen molar-refractivity contribution in [1.82, 2.24) is 4.90 Å². The lowest BCUT2D eigenvalue weighted by molar-refractivity contribution is 0.216. The van der Waals surface area contributed by atoms with E-state index in [0.717, 1.165) is 25.9 Å². The van der Waals surface area contributed by atoms with Crippen LogP contribution in [0.4, 0.5) is 0 Å². The summed E-state index contributed by atoms with van der Waals surface area (Å²) in [5.41, 5.74) is 10.9. The van der Waals surface area contributed by atoms with Crippen molar-refractivity contribution in [3.05, 3.63) is 0 Å². The van der Waals surface area contributed by atoms with Crippen molar-refractivity contribution in [2.75, 3.05) is 13.1 Å².